The van der Waals surface area contributed by atoms with Crippen LogP contribution in [0.25, 0.3) is 10.8 Å². The van der Waals surface area contributed by atoms with Gasteiger partial charge < -0.3 is 49.9 Å². The number of nitrogens with two attached hydrogens (primary N) is 5. The number of primary amides is 1. The van der Waals surface area contributed by atoms with Gasteiger partial charge in [-0.2, -0.15) is 0 Å². The second-order valence-electron chi connectivity index (χ2n) is 12.5. The van der Waals surface area contributed by atoms with Gasteiger partial charge in [0.2, 0.25) is 29.5 Å². The summed E-state index contributed by atoms with van der Waals surface area (Å²) >= 11 is 2.17. The molecule has 0 unspecified atom stereocenters. The minimum atomic E-state index is -1.20. The monoisotopic (exact) mass is 841 g/mol. The molecule has 0 aliphatic carbocycles. The van der Waals surface area contributed by atoms with Gasteiger partial charge in [0.05, 0.1) is 0 Å². The Morgan fingerprint density at radius 2 is 1.08 bits per heavy atom. The minimum Gasteiger partial charge on any atom is -0.370 e. The highest BCUT2D eigenvalue weighted by molar-refractivity contribution is 14.1. The molecule has 14 N–H and O–H groups in total. The Morgan fingerprint density at radius 3 is 1.64 bits per heavy atom. The quantitative estimate of drug-likeness (QED) is 0.0314. The molecule has 0 saturated carbocycles. The van der Waals surface area contributed by atoms with Crippen LogP contribution < -0.4 is 49.9 Å². The van der Waals surface area contributed by atoms with Crippen molar-refractivity contribution in [2.75, 3.05) is 13.1 Å². The summed E-state index contributed by atoms with van der Waals surface area (Å²) in [6.45, 7) is 1.67. The first kappa shape index (κ1) is 42.0. The van der Waals surface area contributed by atoms with E-state index >= 15 is 0 Å². The molecule has 53 heavy (non-hydrogen) atoms. The molecule has 4 atom stereocenters. The van der Waals surface area contributed by atoms with E-state index in [0.717, 1.165) is 25.5 Å². The molecule has 0 radical (unpaired) electrons. The van der Waals surface area contributed by atoms with Crippen molar-refractivity contribution >= 4 is 74.8 Å². The molecule has 0 bridgehead atoms. The van der Waals surface area contributed by atoms with Crippen LogP contribution in [0.3, 0.4) is 0 Å². The Hall–Kier alpha value is -5.46. The van der Waals surface area contributed by atoms with Crippen molar-refractivity contribution in [3.05, 3.63) is 81.4 Å². The van der Waals surface area contributed by atoms with E-state index in [1.807, 2.05) is 66.7 Å². The highest BCUT2D eigenvalue weighted by Gasteiger charge is 2.31. The summed E-state index contributed by atoms with van der Waals surface area (Å²) in [5.41, 5.74) is 28.9. The molecule has 0 spiro atoms. The first-order valence-corrected chi connectivity index (χ1v) is 18.1. The van der Waals surface area contributed by atoms with Crippen LogP contribution in [0.5, 0.6) is 0 Å². The third-order valence-corrected chi connectivity index (χ3v) is 8.84. The number of nitrogens with zero attached hydrogens (tertiary/aromatic N) is 2. The van der Waals surface area contributed by atoms with Crippen LogP contribution in [-0.2, 0) is 36.8 Å². The maximum atomic E-state index is 14.0. The van der Waals surface area contributed by atoms with Crippen molar-refractivity contribution in [2.24, 2.45) is 38.7 Å². The molecule has 3 rings (SSSR count). The third kappa shape index (κ3) is 15.0. The molecule has 0 aromatic heterocycles. The fourth-order valence-electron chi connectivity index (χ4n) is 5.50. The van der Waals surface area contributed by atoms with Gasteiger partial charge >= 0.3 is 0 Å². The molecule has 0 fully saturated rings. The lowest BCUT2D eigenvalue weighted by atomic mass is 9.99. The number of benzene rings is 3. The number of amides is 5. The van der Waals surface area contributed by atoms with Crippen molar-refractivity contribution in [3.8, 4) is 0 Å². The molecule has 0 aliphatic heterocycles. The average molecular weight is 842 g/mol. The lowest BCUT2D eigenvalue weighted by Gasteiger charge is -2.26. The van der Waals surface area contributed by atoms with E-state index < -0.39 is 53.7 Å². The number of guanidine groups is 2. The first-order chi connectivity index (χ1) is 25.2. The molecule has 3 aromatic rings. The number of carbonyl (C=O) groups excluding carboxylic acids is 5. The SMILES string of the molecule is CC(=O)N[C@H](Cc1ccc(I)cc1)C(=O)N[C@@H](CCCN=C(N)N)C(=O)N[C@@H](Cc1ccc2ccccc2c1)C(=O)N[C@@H](CCCN=C(N)N)C(N)=O. The van der Waals surface area contributed by atoms with E-state index in [2.05, 4.69) is 53.8 Å². The van der Waals surface area contributed by atoms with Crippen molar-refractivity contribution in [2.45, 2.75) is 69.6 Å². The number of aliphatic imine (C=N–C) groups is 2. The van der Waals surface area contributed by atoms with Crippen LogP contribution >= 0.6 is 22.6 Å². The van der Waals surface area contributed by atoms with Crippen LogP contribution in [0.4, 0.5) is 0 Å². The van der Waals surface area contributed by atoms with E-state index in [0.29, 0.717) is 12.8 Å². The van der Waals surface area contributed by atoms with Gasteiger partial charge in [-0.3, -0.25) is 34.0 Å². The van der Waals surface area contributed by atoms with Crippen LogP contribution in [0.1, 0.15) is 43.7 Å². The second kappa shape index (κ2) is 21.2. The van der Waals surface area contributed by atoms with Gasteiger partial charge in [-0.25, -0.2) is 0 Å². The maximum absolute atomic E-state index is 14.0. The highest BCUT2D eigenvalue weighted by Crippen LogP contribution is 2.17. The summed E-state index contributed by atoms with van der Waals surface area (Å²) in [6.07, 6.45) is 1.06. The van der Waals surface area contributed by atoms with Gasteiger partial charge in [-0.1, -0.05) is 54.6 Å². The Balaban J connectivity index is 1.90. The Kier molecular flexibility index (Phi) is 16.7. The van der Waals surface area contributed by atoms with E-state index in [1.165, 1.54) is 6.92 Å². The molecule has 17 heteroatoms. The van der Waals surface area contributed by atoms with Crippen molar-refractivity contribution in [3.63, 3.8) is 0 Å². The van der Waals surface area contributed by atoms with E-state index in [4.69, 9.17) is 28.7 Å². The standard InChI is InChI=1S/C36H48IN11O5/c1-21(49)45-29(19-22-11-14-26(37)15-12-22)33(52)47-28(9-5-17-44-36(41)42)32(51)48-30(20-23-10-13-24-6-2-3-7-25(24)18-23)34(53)46-27(31(38)50)8-4-16-43-35(39)40/h2-3,6-7,10-15,18,27-30H,4-5,8-9,16-17,19-20H2,1H3,(H2,38,50)(H,45,49)(H,46,53)(H,47,52)(H,48,51)(H4,39,40,43)(H4,41,42,44)/t27-,28-,29+,30-/m0/s1. The molecule has 0 saturated heterocycles. The van der Waals surface area contributed by atoms with Crippen molar-refractivity contribution in [1.82, 2.24) is 21.3 Å². The van der Waals surface area contributed by atoms with Gasteiger partial charge in [-0.15, -0.1) is 0 Å². The zero-order valence-electron chi connectivity index (χ0n) is 29.5. The number of nitrogens with one attached hydrogen (secondary N) is 4. The summed E-state index contributed by atoms with van der Waals surface area (Å²) < 4.78 is 1.000. The van der Waals surface area contributed by atoms with Gasteiger partial charge in [0.1, 0.15) is 24.2 Å². The topological polar surface area (TPSA) is 288 Å². The van der Waals surface area contributed by atoms with Crippen molar-refractivity contribution in [1.29, 1.82) is 0 Å². The molecule has 284 valence electrons. The molecule has 3 aromatic carbocycles. The maximum Gasteiger partial charge on any atom is 0.243 e. The van der Waals surface area contributed by atoms with Crippen LogP contribution in [0.2, 0.25) is 0 Å². The van der Waals surface area contributed by atoms with Gasteiger partial charge in [-0.05, 0) is 82.3 Å². The number of hydrogen-bond donors (Lipinski definition) is 9. The molecule has 16 nitrogen and oxygen atoms in total. The first-order valence-electron chi connectivity index (χ1n) is 17.0. The predicted octanol–water partition coefficient (Wildman–Crippen LogP) is -0.219. The smallest absolute Gasteiger partial charge is 0.243 e. The van der Waals surface area contributed by atoms with Crippen LogP contribution in [-0.4, -0.2) is 78.7 Å². The molecule has 0 aliphatic rings. The molecule has 5 amide bonds. The summed E-state index contributed by atoms with van der Waals surface area (Å²) in [6, 6.07) is 16.3. The van der Waals surface area contributed by atoms with E-state index in [9.17, 15) is 24.0 Å². The predicted molar refractivity (Wildman–Crippen MR) is 213 cm³/mol. The highest BCUT2D eigenvalue weighted by atomic mass is 127. The van der Waals surface area contributed by atoms with E-state index in [1.54, 1.807) is 0 Å². The lowest BCUT2D eigenvalue weighted by molar-refractivity contribution is -0.134. The minimum absolute atomic E-state index is 0.0396. The van der Waals surface area contributed by atoms with Crippen LogP contribution in [0, 0.1) is 3.57 Å². The fraction of sp³-hybridized carbons (Fsp3) is 0.361. The van der Waals surface area contributed by atoms with E-state index in [-0.39, 0.29) is 50.7 Å². The van der Waals surface area contributed by atoms with Gasteiger partial charge in [0, 0.05) is 36.4 Å². The number of rotatable bonds is 20. The van der Waals surface area contributed by atoms with Gasteiger partial charge in [0.25, 0.3) is 0 Å². The summed E-state index contributed by atoms with van der Waals surface area (Å²) in [4.78, 5) is 73.9. The fourth-order valence-corrected chi connectivity index (χ4v) is 5.86. The lowest BCUT2D eigenvalue weighted by Crippen LogP contribution is -2.58. The zero-order valence-corrected chi connectivity index (χ0v) is 31.7. The zero-order chi connectivity index (χ0) is 38.9. The van der Waals surface area contributed by atoms with Crippen LogP contribution in [0.15, 0.2) is 76.7 Å². The Bertz CT molecular complexity index is 1790. The number of halogens is 1. The summed E-state index contributed by atoms with van der Waals surface area (Å²) in [5.74, 6) is -3.40. The number of carbonyl (C=O) groups is 5. The van der Waals surface area contributed by atoms with Crippen molar-refractivity contribution < 1.29 is 24.0 Å². The molecule has 0 heterocycles. The summed E-state index contributed by atoms with van der Waals surface area (Å²) in [7, 11) is 0. The Labute approximate surface area is 321 Å². The molecular formula is C36H48IN11O5. The third-order valence-electron chi connectivity index (χ3n) is 8.12. The largest absolute Gasteiger partial charge is 0.370 e. The Morgan fingerprint density at radius 1 is 0.604 bits per heavy atom. The second-order valence-corrected chi connectivity index (χ2v) is 13.7. The molecular weight excluding hydrogens is 793 g/mol. The summed E-state index contributed by atoms with van der Waals surface area (Å²) in [5, 5.41) is 12.8. The van der Waals surface area contributed by atoms with Gasteiger partial charge in [0.15, 0.2) is 11.9 Å². The average Bonchev–Trinajstić information content (AvgIpc) is 3.10. The number of hydrogen-bond acceptors (Lipinski definition) is 7. The normalized spacial score (nSPS) is 13.0. The number of fused-ring (bicyclic) bond motifs is 1.